The quantitative estimate of drug-likeness (QED) is 0.128. The van der Waals surface area contributed by atoms with Crippen molar-refractivity contribution in [2.45, 2.75) is 95.7 Å². The second-order valence-electron chi connectivity index (χ2n) is 17.5. The predicted octanol–water partition coefficient (Wildman–Crippen LogP) is 14.1. The van der Waals surface area contributed by atoms with Gasteiger partial charge in [-0.2, -0.15) is 0 Å². The largest absolute Gasteiger partial charge is 0.463 e. The van der Waals surface area contributed by atoms with Crippen LogP contribution in [-0.2, 0) is 28.9 Å². The molecule has 0 saturated carbocycles. The van der Waals surface area contributed by atoms with Crippen LogP contribution < -0.4 is 14.4 Å². The van der Waals surface area contributed by atoms with Crippen molar-refractivity contribution in [3.63, 3.8) is 0 Å². The van der Waals surface area contributed by atoms with E-state index in [-0.39, 0.29) is 17.2 Å². The molecule has 0 fully saturated rings. The van der Waals surface area contributed by atoms with Gasteiger partial charge in [0.1, 0.15) is 11.5 Å². The summed E-state index contributed by atoms with van der Waals surface area (Å²) in [6.45, 7) is 9.36. The van der Waals surface area contributed by atoms with Crippen LogP contribution in [-0.4, -0.2) is 6.10 Å². The van der Waals surface area contributed by atoms with Gasteiger partial charge >= 0.3 is 8.60 Å². The Hall–Kier alpha value is -4.52. The minimum absolute atomic E-state index is 0.0448. The first-order valence-electron chi connectivity index (χ1n) is 21.4. The molecule has 58 heavy (non-hydrogen) atoms. The summed E-state index contributed by atoms with van der Waals surface area (Å²) < 4.78 is 21.5. The molecule has 2 heterocycles. The molecule has 0 aromatic heterocycles. The van der Waals surface area contributed by atoms with E-state index >= 15 is 0 Å². The number of fused-ring (bicyclic) bond motifs is 10. The van der Waals surface area contributed by atoms with Gasteiger partial charge in [-0.25, -0.2) is 0 Å². The van der Waals surface area contributed by atoms with Gasteiger partial charge in [-0.15, -0.1) is 0 Å². The maximum atomic E-state index is 7.32. The maximum absolute atomic E-state index is 7.32. The topological polar surface area (TPSA) is 27.7 Å². The molecule has 4 aliphatic rings. The fourth-order valence-electron chi connectivity index (χ4n) is 10.7. The number of aryl methyl sites for hydroxylation is 3. The first-order valence-corrected chi connectivity index (χ1v) is 23.5. The fourth-order valence-corrected chi connectivity index (χ4v) is 13.8. The molecule has 0 amide bonds. The lowest BCUT2D eigenvalue weighted by Gasteiger charge is -2.45. The molecule has 0 saturated heterocycles. The summed E-state index contributed by atoms with van der Waals surface area (Å²) in [5.74, 6) is 2.33. The summed E-state index contributed by atoms with van der Waals surface area (Å²) in [5, 5.41) is 6.48. The molecule has 0 bridgehead atoms. The highest BCUT2D eigenvalue weighted by Crippen LogP contribution is 2.61. The van der Waals surface area contributed by atoms with Crippen molar-refractivity contribution in [2.75, 3.05) is 0 Å². The molecule has 7 aromatic carbocycles. The van der Waals surface area contributed by atoms with E-state index in [2.05, 4.69) is 149 Å². The summed E-state index contributed by atoms with van der Waals surface area (Å²) >= 11 is 0. The average molecular weight is 797 g/mol. The van der Waals surface area contributed by atoms with E-state index < -0.39 is 8.60 Å². The van der Waals surface area contributed by atoms with E-state index in [1.165, 1.54) is 107 Å². The number of benzene rings is 7. The Morgan fingerprint density at radius 1 is 0.724 bits per heavy atom. The van der Waals surface area contributed by atoms with Gasteiger partial charge in [0.05, 0.1) is 6.10 Å². The van der Waals surface area contributed by atoms with E-state index in [9.17, 15) is 0 Å². The lowest BCUT2D eigenvalue weighted by Crippen LogP contribution is -2.37. The zero-order valence-corrected chi connectivity index (χ0v) is 35.8. The first kappa shape index (κ1) is 36.6. The molecular weight excluding hydrogens is 747 g/mol. The summed E-state index contributed by atoms with van der Waals surface area (Å²) in [4.78, 5) is 0. The van der Waals surface area contributed by atoms with Crippen LogP contribution in [0, 0.1) is 6.92 Å². The second-order valence-corrected chi connectivity index (χ2v) is 20.2. The Bertz CT molecular complexity index is 2770. The monoisotopic (exact) mass is 796 g/mol. The van der Waals surface area contributed by atoms with Crippen LogP contribution in [0.5, 0.6) is 11.5 Å². The fraction of sp³-hybridized carbons (Fsp3) is 0.283. The molecule has 0 N–H and O–H groups in total. The van der Waals surface area contributed by atoms with Gasteiger partial charge < -0.3 is 9.05 Å². The van der Waals surface area contributed by atoms with Crippen molar-refractivity contribution in [2.24, 2.45) is 0 Å². The summed E-state index contributed by atoms with van der Waals surface area (Å²) in [6.07, 6.45) is 7.63. The standard InChI is InChI=1S/C53H50O3P2/c1-32(2)37-22-26-43(33(3)30-37)53(4)44-31-38-17-10-13-21-42(38)51(52(44)57-53)50-41-18-7-5-6-14-34(41)25-29-47(50)56-58-54-45-27-23-35-15-8-11-19-39(35)48(45)49-40-20-12-9-16-36(40)24-28-46(49)55-58/h8-13,15-17,19-23,25-27,29-32,46,49,57H,5-7,14,18,24,28H2,1-4H3/t46?,49-,53?,58?/m1/s1. The summed E-state index contributed by atoms with van der Waals surface area (Å²) in [6, 6.07) is 45.3. The van der Waals surface area contributed by atoms with Crippen molar-refractivity contribution in [1.29, 1.82) is 0 Å². The van der Waals surface area contributed by atoms with E-state index in [4.69, 9.17) is 13.6 Å². The molecule has 11 rings (SSSR count). The van der Waals surface area contributed by atoms with Gasteiger partial charge in [0.2, 0.25) is 0 Å². The summed E-state index contributed by atoms with van der Waals surface area (Å²) in [5.41, 5.74) is 15.2. The smallest absolute Gasteiger partial charge is 0.417 e. The van der Waals surface area contributed by atoms with E-state index in [0.29, 0.717) is 14.5 Å². The van der Waals surface area contributed by atoms with Crippen LogP contribution in [0.3, 0.4) is 0 Å². The van der Waals surface area contributed by atoms with Crippen LogP contribution in [0.2, 0.25) is 0 Å². The molecule has 0 radical (unpaired) electrons. The first-order chi connectivity index (χ1) is 28.4. The lowest BCUT2D eigenvalue weighted by atomic mass is 9.75. The number of hydrogen-bond donors (Lipinski definition) is 0. The zero-order chi connectivity index (χ0) is 39.1. The van der Waals surface area contributed by atoms with Crippen LogP contribution in [0.25, 0.3) is 32.7 Å². The SMILES string of the molecule is Cc1cc(C(C)C)ccc1C1(C)Pc2c1cc1ccccc1c2-c1c(OP2Oc3ccc4ccccc4c3[C@@H]3c4ccccc4CCC3O2)ccc2c1CCCCC2. The van der Waals surface area contributed by atoms with Crippen LogP contribution in [0.1, 0.15) is 108 Å². The average Bonchev–Trinajstić information content (AvgIpc) is 3.58. The lowest BCUT2D eigenvalue weighted by molar-refractivity contribution is 0.157. The number of hydrogen-bond acceptors (Lipinski definition) is 3. The van der Waals surface area contributed by atoms with Crippen LogP contribution >= 0.6 is 17.2 Å². The maximum Gasteiger partial charge on any atom is 0.463 e. The van der Waals surface area contributed by atoms with Gasteiger partial charge in [0.15, 0.2) is 0 Å². The van der Waals surface area contributed by atoms with E-state index in [0.717, 1.165) is 37.2 Å². The Labute approximate surface area is 345 Å². The Kier molecular flexibility index (Phi) is 9.04. The molecule has 290 valence electrons. The van der Waals surface area contributed by atoms with Crippen LogP contribution in [0.15, 0.2) is 121 Å². The van der Waals surface area contributed by atoms with Crippen molar-refractivity contribution in [3.8, 4) is 22.6 Å². The molecular formula is C53H50O3P2. The highest BCUT2D eigenvalue weighted by molar-refractivity contribution is 7.52. The highest BCUT2D eigenvalue weighted by Gasteiger charge is 2.45. The van der Waals surface area contributed by atoms with E-state index in [1.54, 1.807) is 0 Å². The second kappa shape index (κ2) is 14.3. The molecule has 0 spiro atoms. The van der Waals surface area contributed by atoms with Gasteiger partial charge in [0, 0.05) is 27.8 Å². The molecule has 5 atom stereocenters. The third-order valence-electron chi connectivity index (χ3n) is 13.7. The molecule has 2 aliphatic heterocycles. The van der Waals surface area contributed by atoms with Gasteiger partial charge in [0.25, 0.3) is 0 Å². The van der Waals surface area contributed by atoms with Crippen molar-refractivity contribution >= 4 is 44.0 Å². The molecule has 2 aliphatic carbocycles. The molecule has 3 nitrogen and oxygen atoms in total. The predicted molar refractivity (Wildman–Crippen MR) is 244 cm³/mol. The molecule has 5 heteroatoms. The molecule has 7 aromatic rings. The highest BCUT2D eigenvalue weighted by atomic mass is 31.2. The van der Waals surface area contributed by atoms with Gasteiger partial charge in [-0.3, -0.25) is 4.52 Å². The third kappa shape index (κ3) is 5.87. The van der Waals surface area contributed by atoms with Crippen molar-refractivity contribution in [3.05, 3.63) is 171 Å². The zero-order valence-electron chi connectivity index (χ0n) is 33.9. The van der Waals surface area contributed by atoms with Crippen LogP contribution in [0.4, 0.5) is 0 Å². The van der Waals surface area contributed by atoms with Gasteiger partial charge in [-0.05, 0) is 148 Å². The minimum Gasteiger partial charge on any atom is -0.417 e. The normalized spacial score (nSPS) is 22.5. The number of rotatable bonds is 5. The van der Waals surface area contributed by atoms with Crippen molar-refractivity contribution in [1.82, 2.24) is 0 Å². The Morgan fingerprint density at radius 3 is 2.38 bits per heavy atom. The minimum atomic E-state index is -1.78. The third-order valence-corrected chi connectivity index (χ3v) is 16.6. The Balaban J connectivity index is 1.07. The molecule has 4 unspecified atom stereocenters. The van der Waals surface area contributed by atoms with Gasteiger partial charge in [-0.1, -0.05) is 132 Å². The Morgan fingerprint density at radius 2 is 1.52 bits per heavy atom. The van der Waals surface area contributed by atoms with E-state index in [1.807, 2.05) is 0 Å². The summed E-state index contributed by atoms with van der Waals surface area (Å²) in [7, 11) is -1.14. The van der Waals surface area contributed by atoms with Crippen molar-refractivity contribution < 1.29 is 13.6 Å².